The molecule has 0 saturated carbocycles. The van der Waals surface area contributed by atoms with Gasteiger partial charge < -0.3 is 15.0 Å². The number of aromatic nitrogens is 3. The predicted molar refractivity (Wildman–Crippen MR) is 122 cm³/mol. The second kappa shape index (κ2) is 9.72. The van der Waals surface area contributed by atoms with E-state index in [4.69, 9.17) is 4.74 Å². The van der Waals surface area contributed by atoms with E-state index < -0.39 is 0 Å². The number of rotatable bonds is 6. The predicted octanol–water partition coefficient (Wildman–Crippen LogP) is 2.71. The highest BCUT2D eigenvalue weighted by atomic mass is 16.5. The average Bonchev–Trinajstić information content (AvgIpc) is 3.14. The van der Waals surface area contributed by atoms with Crippen molar-refractivity contribution in [1.82, 2.24) is 24.6 Å². The molecule has 1 N–H and O–H groups in total. The molecule has 0 radical (unpaired) electrons. The van der Waals surface area contributed by atoms with E-state index in [1.54, 1.807) is 18.7 Å². The monoisotopic (exact) mass is 435 g/mol. The molecule has 2 amide bonds. The van der Waals surface area contributed by atoms with Gasteiger partial charge in [0.25, 0.3) is 0 Å². The summed E-state index contributed by atoms with van der Waals surface area (Å²) in [4.78, 5) is 27.4. The second-order valence-corrected chi connectivity index (χ2v) is 8.05. The highest BCUT2D eigenvalue weighted by molar-refractivity contribution is 5.74. The number of benzene rings is 2. The van der Waals surface area contributed by atoms with Crippen LogP contribution in [-0.4, -0.2) is 52.0 Å². The molecule has 0 bridgehead atoms. The van der Waals surface area contributed by atoms with Crippen molar-refractivity contribution in [3.8, 4) is 11.4 Å². The smallest absolute Gasteiger partial charge is 0.350 e. The summed E-state index contributed by atoms with van der Waals surface area (Å²) in [6, 6.07) is 17.3. The zero-order chi connectivity index (χ0) is 22.5. The first-order valence-electron chi connectivity index (χ1n) is 10.9. The number of likely N-dealkylation sites (tertiary alicyclic amines) is 1. The Hall–Kier alpha value is -3.55. The number of carbonyl (C=O) groups is 1. The van der Waals surface area contributed by atoms with Crippen LogP contribution >= 0.6 is 0 Å². The molecule has 168 valence electrons. The SMILES string of the molecule is COc1ccc(CCNC(=O)N2CCCC(c3nn(C)c(=O)n3-c3ccccc3)C2)cc1. The number of ether oxygens (including phenoxy) is 1. The van der Waals surface area contributed by atoms with Crippen molar-refractivity contribution in [2.24, 2.45) is 7.05 Å². The molecule has 1 saturated heterocycles. The van der Waals surface area contributed by atoms with Gasteiger partial charge in [-0.15, -0.1) is 0 Å². The molecule has 8 heteroatoms. The normalized spacial score (nSPS) is 16.1. The molecule has 2 heterocycles. The molecule has 0 aliphatic carbocycles. The van der Waals surface area contributed by atoms with E-state index in [0.29, 0.717) is 25.5 Å². The van der Waals surface area contributed by atoms with E-state index in [-0.39, 0.29) is 17.6 Å². The number of nitrogens with zero attached hydrogens (tertiary/aromatic N) is 4. The summed E-state index contributed by atoms with van der Waals surface area (Å²) in [5, 5.41) is 7.54. The Bertz CT molecular complexity index is 1100. The second-order valence-electron chi connectivity index (χ2n) is 8.05. The largest absolute Gasteiger partial charge is 0.497 e. The van der Waals surface area contributed by atoms with Gasteiger partial charge in [0.1, 0.15) is 11.6 Å². The van der Waals surface area contributed by atoms with Gasteiger partial charge in [-0.1, -0.05) is 30.3 Å². The molecule has 1 aliphatic rings. The molecule has 3 aromatic rings. The molecule has 8 nitrogen and oxygen atoms in total. The van der Waals surface area contributed by atoms with Gasteiger partial charge in [0.05, 0.1) is 12.8 Å². The summed E-state index contributed by atoms with van der Waals surface area (Å²) in [6.07, 6.45) is 2.51. The van der Waals surface area contributed by atoms with Crippen molar-refractivity contribution >= 4 is 6.03 Å². The lowest BCUT2D eigenvalue weighted by Crippen LogP contribution is -2.45. The molecule has 1 atom stereocenters. The van der Waals surface area contributed by atoms with E-state index in [9.17, 15) is 9.59 Å². The van der Waals surface area contributed by atoms with Gasteiger partial charge in [0, 0.05) is 32.6 Å². The van der Waals surface area contributed by atoms with Crippen LogP contribution in [0.25, 0.3) is 5.69 Å². The molecule has 4 rings (SSSR count). The maximum Gasteiger partial charge on any atom is 0.350 e. The minimum atomic E-state index is -0.174. The summed E-state index contributed by atoms with van der Waals surface area (Å²) in [6.45, 7) is 1.80. The van der Waals surface area contributed by atoms with Crippen LogP contribution in [0.15, 0.2) is 59.4 Å². The van der Waals surface area contributed by atoms with Gasteiger partial charge in [-0.2, -0.15) is 5.10 Å². The van der Waals surface area contributed by atoms with Crippen LogP contribution < -0.4 is 15.7 Å². The van der Waals surface area contributed by atoms with E-state index in [1.807, 2.05) is 59.5 Å². The van der Waals surface area contributed by atoms with E-state index in [0.717, 1.165) is 36.3 Å². The molecular weight excluding hydrogens is 406 g/mol. The number of carbonyl (C=O) groups excluding carboxylic acids is 1. The van der Waals surface area contributed by atoms with Gasteiger partial charge in [0.2, 0.25) is 0 Å². The Balaban J connectivity index is 1.41. The molecule has 1 unspecified atom stereocenters. The minimum absolute atomic E-state index is 0.00481. The number of methoxy groups -OCH3 is 1. The van der Waals surface area contributed by atoms with Crippen molar-refractivity contribution in [2.45, 2.75) is 25.2 Å². The van der Waals surface area contributed by atoms with Gasteiger partial charge in [-0.3, -0.25) is 0 Å². The third-order valence-corrected chi connectivity index (χ3v) is 5.89. The minimum Gasteiger partial charge on any atom is -0.497 e. The molecule has 0 spiro atoms. The summed E-state index contributed by atoms with van der Waals surface area (Å²) < 4.78 is 8.21. The first-order valence-corrected chi connectivity index (χ1v) is 10.9. The zero-order valence-electron chi connectivity index (χ0n) is 18.5. The summed E-state index contributed by atoms with van der Waals surface area (Å²) in [5.74, 6) is 1.53. The number of piperidine rings is 1. The molecular formula is C24H29N5O3. The molecule has 32 heavy (non-hydrogen) atoms. The number of hydrogen-bond acceptors (Lipinski definition) is 4. The van der Waals surface area contributed by atoms with Gasteiger partial charge in [-0.05, 0) is 49.1 Å². The van der Waals surface area contributed by atoms with E-state index >= 15 is 0 Å². The number of nitrogens with one attached hydrogen (secondary N) is 1. The van der Waals surface area contributed by atoms with E-state index in [2.05, 4.69) is 10.4 Å². The number of hydrogen-bond donors (Lipinski definition) is 1. The Morgan fingerprint density at radius 3 is 2.62 bits per heavy atom. The number of urea groups is 1. The van der Waals surface area contributed by atoms with E-state index in [1.165, 1.54) is 4.68 Å². The summed E-state index contributed by atoms with van der Waals surface area (Å²) >= 11 is 0. The lowest BCUT2D eigenvalue weighted by Gasteiger charge is -2.32. The van der Waals surface area contributed by atoms with Gasteiger partial charge >= 0.3 is 11.7 Å². The fourth-order valence-corrected chi connectivity index (χ4v) is 4.16. The maximum absolute atomic E-state index is 12.8. The van der Waals surface area contributed by atoms with Crippen LogP contribution in [0.5, 0.6) is 5.75 Å². The fraction of sp³-hybridized carbons (Fsp3) is 0.375. The van der Waals surface area contributed by atoms with Crippen LogP contribution in [0.3, 0.4) is 0 Å². The average molecular weight is 436 g/mol. The lowest BCUT2D eigenvalue weighted by molar-refractivity contribution is 0.178. The van der Waals surface area contributed by atoms with Crippen molar-refractivity contribution in [2.75, 3.05) is 26.7 Å². The van der Waals surface area contributed by atoms with Crippen LogP contribution in [0.4, 0.5) is 4.79 Å². The Morgan fingerprint density at radius 2 is 1.91 bits per heavy atom. The van der Waals surface area contributed by atoms with Crippen molar-refractivity contribution in [3.63, 3.8) is 0 Å². The Kier molecular flexibility index (Phi) is 6.58. The number of para-hydroxylation sites is 1. The van der Waals surface area contributed by atoms with Crippen LogP contribution in [0.1, 0.15) is 30.1 Å². The third kappa shape index (κ3) is 4.69. The van der Waals surface area contributed by atoms with Crippen molar-refractivity contribution < 1.29 is 9.53 Å². The third-order valence-electron chi connectivity index (χ3n) is 5.89. The summed E-state index contributed by atoms with van der Waals surface area (Å²) in [5.41, 5.74) is 1.76. The fourth-order valence-electron chi connectivity index (χ4n) is 4.16. The first kappa shape index (κ1) is 21.7. The molecule has 1 fully saturated rings. The number of aryl methyl sites for hydroxylation is 1. The van der Waals surface area contributed by atoms with Gasteiger partial charge in [0.15, 0.2) is 0 Å². The van der Waals surface area contributed by atoms with Crippen molar-refractivity contribution in [1.29, 1.82) is 0 Å². The summed E-state index contributed by atoms with van der Waals surface area (Å²) in [7, 11) is 3.31. The standard InChI is InChI=1S/C24H29N5O3/c1-27-24(31)29(20-8-4-3-5-9-20)22(26-27)19-7-6-16-28(17-19)23(30)25-15-14-18-10-12-21(32-2)13-11-18/h3-5,8-13,19H,6-7,14-17H2,1-2H3,(H,25,30). The van der Waals surface area contributed by atoms with Crippen LogP contribution in [0, 0.1) is 0 Å². The molecule has 1 aliphatic heterocycles. The first-order chi connectivity index (χ1) is 15.6. The topological polar surface area (TPSA) is 81.4 Å². The molecule has 1 aromatic heterocycles. The zero-order valence-corrected chi connectivity index (χ0v) is 18.5. The highest BCUT2D eigenvalue weighted by Gasteiger charge is 2.29. The number of amides is 2. The molecule has 2 aromatic carbocycles. The highest BCUT2D eigenvalue weighted by Crippen LogP contribution is 2.26. The Labute approximate surface area is 187 Å². The Morgan fingerprint density at radius 1 is 1.16 bits per heavy atom. The maximum atomic E-state index is 12.8. The van der Waals surface area contributed by atoms with Crippen LogP contribution in [0.2, 0.25) is 0 Å². The van der Waals surface area contributed by atoms with Crippen LogP contribution in [-0.2, 0) is 13.5 Å². The quantitative estimate of drug-likeness (QED) is 0.646. The lowest BCUT2D eigenvalue weighted by atomic mass is 9.97. The van der Waals surface area contributed by atoms with Gasteiger partial charge in [-0.25, -0.2) is 18.8 Å². The van der Waals surface area contributed by atoms with Crippen molar-refractivity contribution in [3.05, 3.63) is 76.5 Å².